The van der Waals surface area contributed by atoms with E-state index in [2.05, 4.69) is 15.3 Å². The number of nitrogens with one attached hydrogen (secondary N) is 1. The highest BCUT2D eigenvalue weighted by molar-refractivity contribution is 5.56. The predicted molar refractivity (Wildman–Crippen MR) is 69.4 cm³/mol. The van der Waals surface area contributed by atoms with Crippen molar-refractivity contribution in [2.45, 2.75) is 13.0 Å². The van der Waals surface area contributed by atoms with Crippen molar-refractivity contribution in [3.05, 3.63) is 41.3 Å². The summed E-state index contributed by atoms with van der Waals surface area (Å²) in [6, 6.07) is 6.17. The van der Waals surface area contributed by atoms with E-state index in [1.807, 2.05) is 0 Å². The van der Waals surface area contributed by atoms with Crippen molar-refractivity contribution in [3.63, 3.8) is 0 Å². The maximum atomic E-state index is 12.9. The molecule has 0 saturated carbocycles. The molecule has 1 aromatic heterocycles. The molecule has 0 bridgehead atoms. The van der Waals surface area contributed by atoms with Crippen LogP contribution in [0.3, 0.4) is 0 Å². The van der Waals surface area contributed by atoms with E-state index in [0.29, 0.717) is 11.7 Å². The first-order valence-electron chi connectivity index (χ1n) is 6.18. The summed E-state index contributed by atoms with van der Waals surface area (Å²) in [6.07, 6.45) is 0.850. The Balaban J connectivity index is 2.09. The van der Waals surface area contributed by atoms with E-state index in [1.54, 1.807) is 19.2 Å². The largest absolute Gasteiger partial charge is 0.481 e. The summed E-state index contributed by atoms with van der Waals surface area (Å²) in [6.45, 7) is 1.62. The first kappa shape index (κ1) is 12.0. The summed E-state index contributed by atoms with van der Waals surface area (Å²) < 4.78 is 18.3. The monoisotopic (exact) mass is 259 g/mol. The molecule has 4 nitrogen and oxygen atoms in total. The molecule has 0 spiro atoms. The Morgan fingerprint density at radius 2 is 2.00 bits per heavy atom. The van der Waals surface area contributed by atoms with E-state index < -0.39 is 0 Å². The lowest BCUT2D eigenvalue weighted by molar-refractivity contribution is 0.386. The molecular weight excluding hydrogens is 245 g/mol. The van der Waals surface area contributed by atoms with Crippen LogP contribution in [-0.2, 0) is 13.0 Å². The van der Waals surface area contributed by atoms with Crippen LogP contribution in [0.25, 0.3) is 11.4 Å². The second-order valence-corrected chi connectivity index (χ2v) is 4.42. The van der Waals surface area contributed by atoms with E-state index in [4.69, 9.17) is 4.74 Å². The van der Waals surface area contributed by atoms with Gasteiger partial charge in [0.05, 0.1) is 12.8 Å². The smallest absolute Gasteiger partial charge is 0.221 e. The Morgan fingerprint density at radius 1 is 1.21 bits per heavy atom. The number of aromatic nitrogens is 2. The van der Waals surface area contributed by atoms with Crippen molar-refractivity contribution in [2.24, 2.45) is 0 Å². The van der Waals surface area contributed by atoms with Gasteiger partial charge in [-0.25, -0.2) is 9.37 Å². The number of benzene rings is 1. The molecule has 0 fully saturated rings. The third-order valence-corrected chi connectivity index (χ3v) is 3.19. The molecule has 1 aliphatic rings. The van der Waals surface area contributed by atoms with Gasteiger partial charge in [0, 0.05) is 30.6 Å². The molecule has 98 valence electrons. The van der Waals surface area contributed by atoms with E-state index in [0.717, 1.165) is 36.3 Å². The van der Waals surface area contributed by atoms with Crippen LogP contribution in [-0.4, -0.2) is 23.6 Å². The molecular formula is C14H14FN3O. The fourth-order valence-electron chi connectivity index (χ4n) is 2.21. The second-order valence-electron chi connectivity index (χ2n) is 4.42. The van der Waals surface area contributed by atoms with Gasteiger partial charge in [0.25, 0.3) is 0 Å². The zero-order chi connectivity index (χ0) is 13.2. The van der Waals surface area contributed by atoms with Gasteiger partial charge in [0.2, 0.25) is 5.88 Å². The van der Waals surface area contributed by atoms with E-state index in [9.17, 15) is 4.39 Å². The Hall–Kier alpha value is -2.01. The van der Waals surface area contributed by atoms with Crippen LogP contribution in [0.4, 0.5) is 4.39 Å². The molecule has 19 heavy (non-hydrogen) atoms. The summed E-state index contributed by atoms with van der Waals surface area (Å²) in [5.74, 6) is 0.909. The van der Waals surface area contributed by atoms with E-state index in [-0.39, 0.29) is 5.82 Å². The van der Waals surface area contributed by atoms with Crippen LogP contribution in [0.15, 0.2) is 24.3 Å². The molecule has 2 heterocycles. The minimum absolute atomic E-state index is 0.266. The lowest BCUT2D eigenvalue weighted by Crippen LogP contribution is -2.25. The average molecular weight is 259 g/mol. The van der Waals surface area contributed by atoms with Crippen LogP contribution in [0.2, 0.25) is 0 Å². The van der Waals surface area contributed by atoms with Gasteiger partial charge in [-0.2, -0.15) is 4.98 Å². The molecule has 2 aromatic rings. The molecule has 5 heteroatoms. The number of methoxy groups -OCH3 is 1. The van der Waals surface area contributed by atoms with Crippen LogP contribution in [0, 0.1) is 5.82 Å². The van der Waals surface area contributed by atoms with Gasteiger partial charge in [-0.3, -0.25) is 0 Å². The standard InChI is InChI=1S/C14H14FN3O/c1-19-14-11-8-16-7-6-12(11)17-13(18-14)9-2-4-10(15)5-3-9/h2-5,16H,6-8H2,1H3. The highest BCUT2D eigenvalue weighted by Gasteiger charge is 2.18. The number of ether oxygens (including phenoxy) is 1. The van der Waals surface area contributed by atoms with E-state index in [1.165, 1.54) is 12.1 Å². The molecule has 0 atom stereocenters. The van der Waals surface area contributed by atoms with Crippen molar-refractivity contribution < 1.29 is 9.13 Å². The van der Waals surface area contributed by atoms with Gasteiger partial charge >= 0.3 is 0 Å². The van der Waals surface area contributed by atoms with Crippen LogP contribution < -0.4 is 10.1 Å². The number of hydrogen-bond donors (Lipinski definition) is 1. The summed E-state index contributed by atoms with van der Waals surface area (Å²) in [5, 5.41) is 3.27. The van der Waals surface area contributed by atoms with Gasteiger partial charge in [-0.1, -0.05) is 0 Å². The zero-order valence-corrected chi connectivity index (χ0v) is 10.6. The predicted octanol–water partition coefficient (Wildman–Crippen LogP) is 1.94. The highest BCUT2D eigenvalue weighted by atomic mass is 19.1. The van der Waals surface area contributed by atoms with Crippen LogP contribution >= 0.6 is 0 Å². The maximum absolute atomic E-state index is 12.9. The topological polar surface area (TPSA) is 47.0 Å². The molecule has 0 radical (unpaired) electrons. The lowest BCUT2D eigenvalue weighted by atomic mass is 10.1. The van der Waals surface area contributed by atoms with Crippen LogP contribution in [0.1, 0.15) is 11.3 Å². The summed E-state index contributed by atoms with van der Waals surface area (Å²) in [5.41, 5.74) is 2.81. The van der Waals surface area contributed by atoms with Gasteiger partial charge in [0.15, 0.2) is 5.82 Å². The molecule has 0 aliphatic carbocycles. The fraction of sp³-hybridized carbons (Fsp3) is 0.286. The normalized spacial score (nSPS) is 14.0. The quantitative estimate of drug-likeness (QED) is 0.895. The van der Waals surface area contributed by atoms with Crippen molar-refractivity contribution in [3.8, 4) is 17.3 Å². The first-order valence-corrected chi connectivity index (χ1v) is 6.18. The fourth-order valence-corrected chi connectivity index (χ4v) is 2.21. The minimum Gasteiger partial charge on any atom is -0.481 e. The molecule has 3 rings (SSSR count). The van der Waals surface area contributed by atoms with Gasteiger partial charge < -0.3 is 10.1 Å². The molecule has 0 unspecified atom stereocenters. The molecule has 1 aromatic carbocycles. The number of nitrogens with zero attached hydrogens (tertiary/aromatic N) is 2. The summed E-state index contributed by atoms with van der Waals surface area (Å²) in [7, 11) is 1.60. The third kappa shape index (κ3) is 2.29. The number of hydrogen-bond acceptors (Lipinski definition) is 4. The SMILES string of the molecule is COc1nc(-c2ccc(F)cc2)nc2c1CNCC2. The van der Waals surface area contributed by atoms with Crippen molar-refractivity contribution in [1.82, 2.24) is 15.3 Å². The van der Waals surface area contributed by atoms with Crippen molar-refractivity contribution >= 4 is 0 Å². The minimum atomic E-state index is -0.266. The molecule has 1 N–H and O–H groups in total. The Morgan fingerprint density at radius 3 is 2.74 bits per heavy atom. The maximum Gasteiger partial charge on any atom is 0.221 e. The molecule has 0 amide bonds. The Labute approximate surface area is 110 Å². The first-order chi connectivity index (χ1) is 9.28. The van der Waals surface area contributed by atoms with E-state index >= 15 is 0 Å². The van der Waals surface area contributed by atoms with Crippen molar-refractivity contribution in [2.75, 3.05) is 13.7 Å². The summed E-state index contributed by atoms with van der Waals surface area (Å²) in [4.78, 5) is 8.98. The average Bonchev–Trinajstić information content (AvgIpc) is 2.47. The third-order valence-electron chi connectivity index (χ3n) is 3.19. The second kappa shape index (κ2) is 4.93. The van der Waals surface area contributed by atoms with Gasteiger partial charge in [0.1, 0.15) is 5.82 Å². The van der Waals surface area contributed by atoms with Gasteiger partial charge in [-0.15, -0.1) is 0 Å². The Kier molecular flexibility index (Phi) is 3.13. The van der Waals surface area contributed by atoms with Crippen molar-refractivity contribution in [1.29, 1.82) is 0 Å². The highest BCUT2D eigenvalue weighted by Crippen LogP contribution is 2.26. The molecule has 0 saturated heterocycles. The number of fused-ring (bicyclic) bond motifs is 1. The number of halogens is 1. The molecule has 1 aliphatic heterocycles. The summed E-state index contributed by atoms with van der Waals surface area (Å²) >= 11 is 0. The Bertz CT molecular complexity index is 581. The lowest BCUT2D eigenvalue weighted by Gasteiger charge is -2.19. The number of rotatable bonds is 2. The van der Waals surface area contributed by atoms with Gasteiger partial charge in [-0.05, 0) is 24.3 Å². The zero-order valence-electron chi connectivity index (χ0n) is 10.6. The van der Waals surface area contributed by atoms with Crippen LogP contribution in [0.5, 0.6) is 5.88 Å².